The fourth-order valence-corrected chi connectivity index (χ4v) is 2.43. The quantitative estimate of drug-likeness (QED) is 0.799. The predicted molar refractivity (Wildman–Crippen MR) is 72.9 cm³/mol. The Balaban J connectivity index is 2.17. The normalized spacial score (nSPS) is 10.4. The molecule has 0 unspecified atom stereocenters. The predicted octanol–water partition coefficient (Wildman–Crippen LogP) is 4.55. The van der Waals surface area contributed by atoms with E-state index in [0.717, 1.165) is 11.3 Å². The number of aryl methyl sites for hydroxylation is 1. The third-order valence-corrected chi connectivity index (χ3v) is 3.76. The maximum absolute atomic E-state index is 13.8. The molecule has 0 spiro atoms. The Morgan fingerprint density at radius 3 is 2.39 bits per heavy atom. The Morgan fingerprint density at radius 2 is 1.83 bits per heavy atom. The first-order chi connectivity index (χ1) is 8.72. The highest BCUT2D eigenvalue weighted by Gasteiger charge is 2.05. The molecular formula is C15H15FOS. The van der Waals surface area contributed by atoms with Crippen LogP contribution in [0.1, 0.15) is 12.5 Å². The van der Waals surface area contributed by atoms with Crippen LogP contribution in [-0.4, -0.2) is 7.11 Å². The number of hydrogen-bond acceptors (Lipinski definition) is 2. The van der Waals surface area contributed by atoms with E-state index in [2.05, 4.69) is 19.1 Å². The van der Waals surface area contributed by atoms with Gasteiger partial charge in [0.25, 0.3) is 0 Å². The molecule has 0 bridgehead atoms. The first-order valence-corrected chi connectivity index (χ1v) is 6.65. The number of halogens is 1. The molecule has 0 heterocycles. The van der Waals surface area contributed by atoms with Gasteiger partial charge in [0.15, 0.2) is 0 Å². The lowest BCUT2D eigenvalue weighted by atomic mass is 10.2. The SMILES string of the molecule is CCc1ccc(Sc2ccc(OC)cc2F)cc1. The summed E-state index contributed by atoms with van der Waals surface area (Å²) in [6.45, 7) is 2.12. The fourth-order valence-electron chi connectivity index (χ4n) is 1.61. The van der Waals surface area contributed by atoms with Crippen molar-refractivity contribution in [1.29, 1.82) is 0 Å². The van der Waals surface area contributed by atoms with Gasteiger partial charge in [0.2, 0.25) is 0 Å². The minimum absolute atomic E-state index is 0.251. The molecule has 2 aromatic rings. The number of benzene rings is 2. The summed E-state index contributed by atoms with van der Waals surface area (Å²) in [6.07, 6.45) is 1.02. The van der Waals surface area contributed by atoms with Crippen molar-refractivity contribution in [3.63, 3.8) is 0 Å². The van der Waals surface area contributed by atoms with Gasteiger partial charge in [-0.1, -0.05) is 30.8 Å². The summed E-state index contributed by atoms with van der Waals surface area (Å²) in [6, 6.07) is 13.1. The summed E-state index contributed by atoms with van der Waals surface area (Å²) >= 11 is 1.42. The molecule has 3 heteroatoms. The molecule has 0 fully saturated rings. The van der Waals surface area contributed by atoms with Crippen molar-refractivity contribution in [2.45, 2.75) is 23.1 Å². The van der Waals surface area contributed by atoms with Crippen LogP contribution in [0.15, 0.2) is 52.3 Å². The molecule has 0 aliphatic rings. The van der Waals surface area contributed by atoms with Gasteiger partial charge in [-0.25, -0.2) is 4.39 Å². The lowest BCUT2D eigenvalue weighted by molar-refractivity contribution is 0.410. The van der Waals surface area contributed by atoms with Gasteiger partial charge in [-0.2, -0.15) is 0 Å². The van der Waals surface area contributed by atoms with Crippen molar-refractivity contribution in [3.8, 4) is 5.75 Å². The molecular weight excluding hydrogens is 247 g/mol. The van der Waals surface area contributed by atoms with Crippen LogP contribution < -0.4 is 4.74 Å². The maximum atomic E-state index is 13.8. The number of ether oxygens (including phenoxy) is 1. The van der Waals surface area contributed by atoms with E-state index < -0.39 is 0 Å². The van der Waals surface area contributed by atoms with E-state index in [1.807, 2.05) is 12.1 Å². The molecule has 18 heavy (non-hydrogen) atoms. The summed E-state index contributed by atoms with van der Waals surface area (Å²) in [5.41, 5.74) is 1.29. The van der Waals surface area contributed by atoms with Crippen LogP contribution in [0.25, 0.3) is 0 Å². The maximum Gasteiger partial charge on any atom is 0.140 e. The molecule has 0 aromatic heterocycles. The van der Waals surface area contributed by atoms with E-state index in [4.69, 9.17) is 4.74 Å². The second-order valence-electron chi connectivity index (χ2n) is 3.90. The van der Waals surface area contributed by atoms with Gasteiger partial charge in [0.05, 0.1) is 7.11 Å². The zero-order valence-electron chi connectivity index (χ0n) is 10.4. The third kappa shape index (κ3) is 3.05. The smallest absolute Gasteiger partial charge is 0.140 e. The van der Waals surface area contributed by atoms with Gasteiger partial charge in [-0.3, -0.25) is 0 Å². The zero-order chi connectivity index (χ0) is 13.0. The van der Waals surface area contributed by atoms with Gasteiger partial charge in [-0.05, 0) is 36.2 Å². The fraction of sp³-hybridized carbons (Fsp3) is 0.200. The molecule has 0 N–H and O–H groups in total. The summed E-state index contributed by atoms with van der Waals surface area (Å²) in [5, 5.41) is 0. The zero-order valence-corrected chi connectivity index (χ0v) is 11.3. The molecule has 94 valence electrons. The largest absolute Gasteiger partial charge is 0.497 e. The van der Waals surface area contributed by atoms with Crippen molar-refractivity contribution < 1.29 is 9.13 Å². The average molecular weight is 262 g/mol. The third-order valence-electron chi connectivity index (χ3n) is 2.70. The summed E-state index contributed by atoms with van der Waals surface area (Å²) in [7, 11) is 1.53. The average Bonchev–Trinajstić information content (AvgIpc) is 2.42. The Morgan fingerprint density at radius 1 is 1.11 bits per heavy atom. The summed E-state index contributed by atoms with van der Waals surface area (Å²) in [5.74, 6) is 0.289. The standard InChI is InChI=1S/C15H15FOS/c1-3-11-4-7-13(8-5-11)18-15-9-6-12(17-2)10-14(15)16/h4-10H,3H2,1-2H3. The topological polar surface area (TPSA) is 9.23 Å². The van der Waals surface area contributed by atoms with Gasteiger partial charge in [0.1, 0.15) is 11.6 Å². The van der Waals surface area contributed by atoms with Crippen LogP contribution in [0.4, 0.5) is 4.39 Å². The molecule has 0 aliphatic heterocycles. The minimum atomic E-state index is -0.251. The Bertz CT molecular complexity index is 523. The Hall–Kier alpha value is -1.48. The van der Waals surface area contributed by atoms with E-state index in [1.54, 1.807) is 12.1 Å². The molecule has 0 saturated heterocycles. The van der Waals surface area contributed by atoms with E-state index >= 15 is 0 Å². The van der Waals surface area contributed by atoms with Crippen LogP contribution in [0.3, 0.4) is 0 Å². The second-order valence-corrected chi connectivity index (χ2v) is 5.01. The summed E-state index contributed by atoms with van der Waals surface area (Å²) < 4.78 is 18.7. The number of rotatable bonds is 4. The second kappa shape index (κ2) is 5.91. The Labute approximate surface area is 111 Å². The molecule has 0 radical (unpaired) electrons. The van der Waals surface area contributed by atoms with Gasteiger partial charge in [0, 0.05) is 15.9 Å². The Kier molecular flexibility index (Phi) is 4.26. The van der Waals surface area contributed by atoms with Crippen molar-refractivity contribution in [3.05, 3.63) is 53.8 Å². The highest BCUT2D eigenvalue weighted by molar-refractivity contribution is 7.99. The molecule has 0 atom stereocenters. The van der Waals surface area contributed by atoms with Gasteiger partial charge >= 0.3 is 0 Å². The van der Waals surface area contributed by atoms with E-state index in [1.165, 1.54) is 30.5 Å². The molecule has 2 aromatic carbocycles. The lowest BCUT2D eigenvalue weighted by Gasteiger charge is -2.06. The van der Waals surface area contributed by atoms with E-state index in [0.29, 0.717) is 10.6 Å². The van der Waals surface area contributed by atoms with Crippen molar-refractivity contribution in [1.82, 2.24) is 0 Å². The van der Waals surface area contributed by atoms with E-state index in [-0.39, 0.29) is 5.82 Å². The van der Waals surface area contributed by atoms with Crippen molar-refractivity contribution in [2.75, 3.05) is 7.11 Å². The summed E-state index contributed by atoms with van der Waals surface area (Å²) in [4.78, 5) is 1.65. The molecule has 1 nitrogen and oxygen atoms in total. The van der Waals surface area contributed by atoms with Crippen LogP contribution in [0.2, 0.25) is 0 Å². The van der Waals surface area contributed by atoms with Crippen LogP contribution >= 0.6 is 11.8 Å². The molecule has 0 aliphatic carbocycles. The van der Waals surface area contributed by atoms with Gasteiger partial charge in [-0.15, -0.1) is 0 Å². The van der Waals surface area contributed by atoms with Crippen LogP contribution in [-0.2, 0) is 6.42 Å². The number of hydrogen-bond donors (Lipinski definition) is 0. The minimum Gasteiger partial charge on any atom is -0.497 e. The highest BCUT2D eigenvalue weighted by atomic mass is 32.2. The van der Waals surface area contributed by atoms with Gasteiger partial charge < -0.3 is 4.74 Å². The van der Waals surface area contributed by atoms with Crippen LogP contribution in [0.5, 0.6) is 5.75 Å². The monoisotopic (exact) mass is 262 g/mol. The van der Waals surface area contributed by atoms with Crippen molar-refractivity contribution >= 4 is 11.8 Å². The highest BCUT2D eigenvalue weighted by Crippen LogP contribution is 2.31. The van der Waals surface area contributed by atoms with Crippen LogP contribution in [0, 0.1) is 5.82 Å². The van der Waals surface area contributed by atoms with Crippen molar-refractivity contribution in [2.24, 2.45) is 0 Å². The number of methoxy groups -OCH3 is 1. The first kappa shape index (κ1) is 13.0. The molecule has 0 amide bonds. The molecule has 2 rings (SSSR count). The molecule has 0 saturated carbocycles. The van der Waals surface area contributed by atoms with E-state index in [9.17, 15) is 4.39 Å². The first-order valence-electron chi connectivity index (χ1n) is 5.83. The lowest BCUT2D eigenvalue weighted by Crippen LogP contribution is -1.86.